The molecule has 0 aliphatic heterocycles. The molecule has 0 radical (unpaired) electrons. The van der Waals surface area contributed by atoms with Crippen molar-refractivity contribution in [3.63, 3.8) is 0 Å². The van der Waals surface area contributed by atoms with Gasteiger partial charge in [0.05, 0.1) is 17.6 Å². The molecule has 4 nitrogen and oxygen atoms in total. The van der Waals surface area contributed by atoms with E-state index in [4.69, 9.17) is 4.74 Å². The van der Waals surface area contributed by atoms with Crippen molar-refractivity contribution in [3.05, 3.63) is 33.9 Å². The molecule has 0 spiro atoms. The lowest BCUT2D eigenvalue weighted by molar-refractivity contribution is -0.387. The Morgan fingerprint density at radius 2 is 2.06 bits per heavy atom. The molecule has 16 heavy (non-hydrogen) atoms. The first-order valence-electron chi connectivity index (χ1n) is 4.82. The average Bonchev–Trinajstić information content (AvgIpc) is 2.22. The van der Waals surface area contributed by atoms with Gasteiger partial charge in [0.1, 0.15) is 0 Å². The smallest absolute Gasteiger partial charge is 0.307 e. The minimum Gasteiger partial charge on any atom is -0.490 e. The number of hydrogen-bond acceptors (Lipinski definition) is 3. The molecular weight excluding hydrogens is 220 g/mol. The summed E-state index contributed by atoms with van der Waals surface area (Å²) in [7, 11) is 0. The Hall–Kier alpha value is -1.72. The van der Waals surface area contributed by atoms with Crippen molar-refractivity contribution in [1.29, 1.82) is 0 Å². The van der Waals surface area contributed by atoms with Gasteiger partial charge in [-0.3, -0.25) is 10.1 Å². The van der Waals surface area contributed by atoms with Crippen LogP contribution in [0.4, 0.5) is 14.5 Å². The zero-order valence-electron chi connectivity index (χ0n) is 8.70. The fourth-order valence-electron chi connectivity index (χ4n) is 1.10. The Morgan fingerprint density at radius 3 is 2.62 bits per heavy atom. The molecule has 0 fully saturated rings. The van der Waals surface area contributed by atoms with Crippen molar-refractivity contribution in [3.8, 4) is 5.75 Å². The summed E-state index contributed by atoms with van der Waals surface area (Å²) in [5, 5.41) is 10.3. The first-order chi connectivity index (χ1) is 7.56. The molecule has 1 rings (SSSR count). The number of nitro benzene ring substituents is 1. The molecule has 0 atom stereocenters. The first kappa shape index (κ1) is 12.4. The van der Waals surface area contributed by atoms with Crippen molar-refractivity contribution >= 4 is 5.69 Å². The normalized spacial score (nSPS) is 10.2. The summed E-state index contributed by atoms with van der Waals surface area (Å²) in [5.41, 5.74) is -0.889. The van der Waals surface area contributed by atoms with Gasteiger partial charge in [0.2, 0.25) is 5.82 Å². The maximum Gasteiger partial charge on any atom is 0.307 e. The van der Waals surface area contributed by atoms with E-state index in [2.05, 4.69) is 0 Å². The van der Waals surface area contributed by atoms with Crippen LogP contribution in [0, 0.1) is 21.7 Å². The van der Waals surface area contributed by atoms with Crippen molar-refractivity contribution in [2.45, 2.75) is 19.8 Å². The predicted molar refractivity (Wildman–Crippen MR) is 53.4 cm³/mol. The lowest BCUT2D eigenvalue weighted by Crippen LogP contribution is -2.01. The lowest BCUT2D eigenvalue weighted by atomic mass is 10.2. The molecule has 0 aromatic heterocycles. The first-order valence-corrected chi connectivity index (χ1v) is 4.82. The predicted octanol–water partition coefficient (Wildman–Crippen LogP) is 3.05. The number of benzene rings is 1. The molecule has 0 amide bonds. The Labute approximate surface area is 91.0 Å². The van der Waals surface area contributed by atoms with Crippen LogP contribution in [0.15, 0.2) is 12.1 Å². The second-order valence-electron chi connectivity index (χ2n) is 3.19. The molecule has 0 bridgehead atoms. The second kappa shape index (κ2) is 5.39. The number of nitrogens with zero attached hydrogens (tertiary/aromatic N) is 1. The van der Waals surface area contributed by atoms with Crippen LogP contribution < -0.4 is 4.74 Å². The molecule has 6 heteroatoms. The second-order valence-corrected chi connectivity index (χ2v) is 3.19. The summed E-state index contributed by atoms with van der Waals surface area (Å²) < 4.78 is 31.3. The molecule has 0 aliphatic carbocycles. The molecule has 0 aliphatic rings. The highest BCUT2D eigenvalue weighted by molar-refractivity contribution is 5.39. The number of unbranched alkanes of at least 4 members (excludes halogenated alkanes) is 1. The highest BCUT2D eigenvalue weighted by Crippen LogP contribution is 2.26. The van der Waals surface area contributed by atoms with Crippen molar-refractivity contribution in [2.75, 3.05) is 6.61 Å². The minimum absolute atomic E-state index is 0.255. The molecule has 0 N–H and O–H groups in total. The van der Waals surface area contributed by atoms with Gasteiger partial charge in [-0.25, -0.2) is 4.39 Å². The van der Waals surface area contributed by atoms with E-state index in [1.54, 1.807) is 0 Å². The van der Waals surface area contributed by atoms with Gasteiger partial charge >= 0.3 is 5.69 Å². The highest BCUT2D eigenvalue weighted by atomic mass is 19.1. The van der Waals surface area contributed by atoms with Gasteiger partial charge in [0.25, 0.3) is 0 Å². The fraction of sp³-hybridized carbons (Fsp3) is 0.400. The largest absolute Gasteiger partial charge is 0.490 e. The van der Waals surface area contributed by atoms with Crippen molar-refractivity contribution in [2.24, 2.45) is 0 Å². The van der Waals surface area contributed by atoms with E-state index < -0.39 is 22.2 Å². The molecule has 0 saturated heterocycles. The van der Waals surface area contributed by atoms with Crippen LogP contribution in [0.5, 0.6) is 5.75 Å². The van der Waals surface area contributed by atoms with Crippen LogP contribution in [-0.4, -0.2) is 11.5 Å². The Bertz CT molecular complexity index is 396. The minimum atomic E-state index is -1.10. The van der Waals surface area contributed by atoms with E-state index in [1.165, 1.54) is 0 Å². The summed E-state index contributed by atoms with van der Waals surface area (Å²) in [6.45, 7) is 2.18. The van der Waals surface area contributed by atoms with Crippen molar-refractivity contribution < 1.29 is 18.4 Å². The number of rotatable bonds is 5. The summed E-state index contributed by atoms with van der Waals surface area (Å²) >= 11 is 0. The molecule has 88 valence electrons. The maximum absolute atomic E-state index is 13.2. The highest BCUT2D eigenvalue weighted by Gasteiger charge is 2.19. The van der Waals surface area contributed by atoms with Gasteiger partial charge in [-0.1, -0.05) is 13.3 Å². The van der Waals surface area contributed by atoms with E-state index in [1.807, 2.05) is 6.92 Å². The summed E-state index contributed by atoms with van der Waals surface area (Å²) in [5.74, 6) is -2.32. The summed E-state index contributed by atoms with van der Waals surface area (Å²) in [6, 6.07) is 1.22. The number of hydrogen-bond donors (Lipinski definition) is 0. The van der Waals surface area contributed by atoms with E-state index in [9.17, 15) is 18.9 Å². The molecule has 1 aromatic carbocycles. The number of ether oxygens (including phenoxy) is 1. The Balaban J connectivity index is 2.88. The van der Waals surface area contributed by atoms with Crippen LogP contribution in [0.25, 0.3) is 0 Å². The van der Waals surface area contributed by atoms with E-state index in [-0.39, 0.29) is 12.4 Å². The summed E-state index contributed by atoms with van der Waals surface area (Å²) in [6.07, 6.45) is 1.56. The van der Waals surface area contributed by atoms with Crippen LogP contribution >= 0.6 is 0 Å². The van der Waals surface area contributed by atoms with E-state index in [0.717, 1.165) is 6.42 Å². The Morgan fingerprint density at radius 1 is 1.38 bits per heavy atom. The number of nitro groups is 1. The van der Waals surface area contributed by atoms with Gasteiger partial charge in [-0.2, -0.15) is 4.39 Å². The zero-order chi connectivity index (χ0) is 12.1. The van der Waals surface area contributed by atoms with Crippen LogP contribution in [0.2, 0.25) is 0 Å². The van der Waals surface area contributed by atoms with Crippen LogP contribution in [0.3, 0.4) is 0 Å². The van der Waals surface area contributed by atoms with Crippen LogP contribution in [0.1, 0.15) is 19.8 Å². The van der Waals surface area contributed by atoms with Gasteiger partial charge in [0, 0.05) is 6.07 Å². The molecule has 0 heterocycles. The third kappa shape index (κ3) is 2.88. The lowest BCUT2D eigenvalue weighted by Gasteiger charge is -2.06. The quantitative estimate of drug-likeness (QED) is 0.444. The standard InChI is InChI=1S/C10H11F2NO3/c1-2-3-4-16-10-6-7(11)9(13(14)15)5-8(10)12/h5-6H,2-4H2,1H3. The van der Waals surface area contributed by atoms with Gasteiger partial charge in [0.15, 0.2) is 11.6 Å². The van der Waals surface area contributed by atoms with Crippen molar-refractivity contribution in [1.82, 2.24) is 0 Å². The maximum atomic E-state index is 13.2. The third-order valence-corrected chi connectivity index (χ3v) is 1.95. The third-order valence-electron chi connectivity index (χ3n) is 1.95. The molecule has 0 saturated carbocycles. The molecule has 1 aromatic rings. The van der Waals surface area contributed by atoms with Gasteiger partial charge < -0.3 is 4.74 Å². The van der Waals surface area contributed by atoms with Gasteiger partial charge in [-0.15, -0.1) is 0 Å². The van der Waals surface area contributed by atoms with E-state index in [0.29, 0.717) is 18.6 Å². The average molecular weight is 231 g/mol. The Kier molecular flexibility index (Phi) is 4.16. The zero-order valence-corrected chi connectivity index (χ0v) is 8.70. The topological polar surface area (TPSA) is 52.4 Å². The fourth-order valence-corrected chi connectivity index (χ4v) is 1.10. The van der Waals surface area contributed by atoms with Gasteiger partial charge in [-0.05, 0) is 6.42 Å². The summed E-state index contributed by atoms with van der Waals surface area (Å²) in [4.78, 5) is 9.33. The molecular formula is C10H11F2NO3. The SMILES string of the molecule is CCCCOc1cc(F)c([N+](=O)[O-])cc1F. The number of halogens is 2. The van der Waals surface area contributed by atoms with E-state index >= 15 is 0 Å². The monoisotopic (exact) mass is 231 g/mol. The molecule has 0 unspecified atom stereocenters. The van der Waals surface area contributed by atoms with Crippen LogP contribution in [-0.2, 0) is 0 Å².